The van der Waals surface area contributed by atoms with Crippen LogP contribution in [-0.2, 0) is 4.74 Å². The molecule has 0 bridgehead atoms. The van der Waals surface area contributed by atoms with Crippen LogP contribution >= 0.6 is 0 Å². The summed E-state index contributed by atoms with van der Waals surface area (Å²) in [6, 6.07) is 2.38. The molecule has 0 spiro atoms. The van der Waals surface area contributed by atoms with Crippen molar-refractivity contribution in [1.29, 1.82) is 0 Å². The molecule has 0 radical (unpaired) electrons. The van der Waals surface area contributed by atoms with E-state index in [1.54, 1.807) is 6.92 Å². The van der Waals surface area contributed by atoms with Gasteiger partial charge in [0.05, 0.1) is 17.7 Å². The smallest absolute Gasteiger partial charge is 0.361 e. The van der Waals surface area contributed by atoms with Crippen molar-refractivity contribution in [2.24, 2.45) is 0 Å². The lowest BCUT2D eigenvalue weighted by Crippen LogP contribution is -2.05. The summed E-state index contributed by atoms with van der Waals surface area (Å²) in [5, 5.41) is 3.87. The third-order valence-corrected chi connectivity index (χ3v) is 2.06. The first-order chi connectivity index (χ1) is 7.63. The highest BCUT2D eigenvalue weighted by atomic mass is 19.1. The van der Waals surface area contributed by atoms with Crippen molar-refractivity contribution in [3.63, 3.8) is 0 Å². The molecule has 2 N–H and O–H groups in total. The zero-order valence-corrected chi connectivity index (χ0v) is 8.49. The lowest BCUT2D eigenvalue weighted by molar-refractivity contribution is 0.0517. The van der Waals surface area contributed by atoms with Gasteiger partial charge in [-0.05, 0) is 13.0 Å². The number of ether oxygens (including phenoxy) is 1. The Kier molecular flexibility index (Phi) is 2.47. The Balaban J connectivity index is 2.56. The van der Waals surface area contributed by atoms with E-state index in [1.165, 1.54) is 6.07 Å². The van der Waals surface area contributed by atoms with E-state index in [4.69, 9.17) is 15.0 Å². The van der Waals surface area contributed by atoms with Crippen LogP contribution < -0.4 is 5.73 Å². The summed E-state index contributed by atoms with van der Waals surface area (Å²) in [6.07, 6.45) is 0. The first-order valence-electron chi connectivity index (χ1n) is 4.65. The Morgan fingerprint density at radius 1 is 1.62 bits per heavy atom. The normalized spacial score (nSPS) is 10.6. The summed E-state index contributed by atoms with van der Waals surface area (Å²) >= 11 is 0. The molecule has 0 aliphatic heterocycles. The number of nitrogens with two attached hydrogens (primary N) is 1. The molecule has 0 saturated heterocycles. The van der Waals surface area contributed by atoms with E-state index < -0.39 is 11.8 Å². The van der Waals surface area contributed by atoms with E-state index in [2.05, 4.69) is 5.16 Å². The van der Waals surface area contributed by atoms with Gasteiger partial charge in [0.1, 0.15) is 5.82 Å². The standard InChI is InChI=1S/C10H9FN2O3/c1-2-15-10(14)9-5-3-7(12)6(11)4-8(5)16-13-9/h3-4H,2,12H2,1H3. The van der Waals surface area contributed by atoms with Gasteiger partial charge in [0, 0.05) is 6.07 Å². The molecule has 0 aliphatic carbocycles. The van der Waals surface area contributed by atoms with Crippen molar-refractivity contribution in [3.05, 3.63) is 23.6 Å². The lowest BCUT2D eigenvalue weighted by Gasteiger charge is -1.98. The Morgan fingerprint density at radius 3 is 3.06 bits per heavy atom. The maximum Gasteiger partial charge on any atom is 0.361 e. The van der Waals surface area contributed by atoms with Gasteiger partial charge in [-0.2, -0.15) is 0 Å². The number of aromatic nitrogens is 1. The van der Waals surface area contributed by atoms with Crippen molar-refractivity contribution >= 4 is 22.6 Å². The number of hydrogen-bond donors (Lipinski definition) is 1. The molecule has 0 saturated carbocycles. The average molecular weight is 224 g/mol. The lowest BCUT2D eigenvalue weighted by atomic mass is 10.2. The first-order valence-corrected chi connectivity index (χ1v) is 4.65. The minimum absolute atomic E-state index is 0.00329. The van der Waals surface area contributed by atoms with E-state index in [-0.39, 0.29) is 23.6 Å². The molecule has 0 fully saturated rings. The molecule has 1 heterocycles. The van der Waals surface area contributed by atoms with Gasteiger partial charge in [-0.1, -0.05) is 5.16 Å². The average Bonchev–Trinajstić information content (AvgIpc) is 2.62. The van der Waals surface area contributed by atoms with Gasteiger partial charge in [-0.3, -0.25) is 0 Å². The van der Waals surface area contributed by atoms with Gasteiger partial charge in [-0.25, -0.2) is 9.18 Å². The molecular formula is C10H9FN2O3. The third kappa shape index (κ3) is 1.58. The second-order valence-corrected chi connectivity index (χ2v) is 3.12. The molecule has 1 aromatic heterocycles. The molecule has 0 amide bonds. The fraction of sp³-hybridized carbons (Fsp3) is 0.200. The van der Waals surface area contributed by atoms with Gasteiger partial charge in [0.15, 0.2) is 11.3 Å². The Hall–Kier alpha value is -2.11. The number of nitrogen functional groups attached to an aromatic ring is 1. The summed E-state index contributed by atoms with van der Waals surface area (Å²) in [6.45, 7) is 1.90. The predicted octanol–water partition coefficient (Wildman–Crippen LogP) is 1.73. The second-order valence-electron chi connectivity index (χ2n) is 3.12. The third-order valence-electron chi connectivity index (χ3n) is 2.06. The zero-order chi connectivity index (χ0) is 11.7. The number of rotatable bonds is 2. The molecule has 0 aliphatic rings. The van der Waals surface area contributed by atoms with Gasteiger partial charge < -0.3 is 15.0 Å². The molecule has 0 atom stereocenters. The molecule has 16 heavy (non-hydrogen) atoms. The van der Waals surface area contributed by atoms with Crippen LogP contribution in [-0.4, -0.2) is 17.7 Å². The van der Waals surface area contributed by atoms with Crippen molar-refractivity contribution in [1.82, 2.24) is 5.16 Å². The van der Waals surface area contributed by atoms with Crippen LogP contribution in [0.1, 0.15) is 17.4 Å². The highest BCUT2D eigenvalue weighted by molar-refractivity contribution is 6.01. The minimum Gasteiger partial charge on any atom is -0.461 e. The van der Waals surface area contributed by atoms with Crippen LogP contribution in [0.15, 0.2) is 16.7 Å². The predicted molar refractivity (Wildman–Crippen MR) is 54.3 cm³/mol. The van der Waals surface area contributed by atoms with E-state index >= 15 is 0 Å². The first kappa shape index (κ1) is 10.4. The molecule has 2 aromatic rings. The van der Waals surface area contributed by atoms with Crippen LogP contribution in [0.25, 0.3) is 11.0 Å². The number of fused-ring (bicyclic) bond motifs is 1. The summed E-state index contributed by atoms with van der Waals surface area (Å²) in [4.78, 5) is 11.4. The number of halogens is 1. The minimum atomic E-state index is -0.618. The molecule has 6 heteroatoms. The van der Waals surface area contributed by atoms with Crippen LogP contribution in [0, 0.1) is 5.82 Å². The fourth-order valence-corrected chi connectivity index (χ4v) is 1.32. The maximum absolute atomic E-state index is 13.1. The Labute approximate surface area is 90.0 Å². The second kappa shape index (κ2) is 3.80. The van der Waals surface area contributed by atoms with E-state index in [0.717, 1.165) is 6.07 Å². The molecule has 1 aromatic carbocycles. The molecule has 84 valence electrons. The van der Waals surface area contributed by atoms with Gasteiger partial charge in [0.2, 0.25) is 0 Å². The van der Waals surface area contributed by atoms with Crippen LogP contribution in [0.4, 0.5) is 10.1 Å². The largest absolute Gasteiger partial charge is 0.461 e. The number of nitrogens with zero attached hydrogens (tertiary/aromatic N) is 1. The van der Waals surface area contributed by atoms with Gasteiger partial charge in [0.25, 0.3) is 0 Å². The maximum atomic E-state index is 13.1. The van der Waals surface area contributed by atoms with Crippen molar-refractivity contribution in [3.8, 4) is 0 Å². The van der Waals surface area contributed by atoms with Gasteiger partial charge in [-0.15, -0.1) is 0 Å². The summed E-state index contributed by atoms with van der Waals surface area (Å²) < 4.78 is 22.7. The van der Waals surface area contributed by atoms with Gasteiger partial charge >= 0.3 is 5.97 Å². The number of carbonyl (C=O) groups excluding carboxylic acids is 1. The quantitative estimate of drug-likeness (QED) is 0.620. The molecule has 2 rings (SSSR count). The van der Waals surface area contributed by atoms with E-state index in [1.807, 2.05) is 0 Å². The monoisotopic (exact) mass is 224 g/mol. The van der Waals surface area contributed by atoms with Crippen molar-refractivity contribution < 1.29 is 18.4 Å². The zero-order valence-electron chi connectivity index (χ0n) is 8.49. The topological polar surface area (TPSA) is 78.3 Å². The van der Waals surface area contributed by atoms with Crippen LogP contribution in [0.5, 0.6) is 0 Å². The van der Waals surface area contributed by atoms with Crippen molar-refractivity contribution in [2.45, 2.75) is 6.92 Å². The number of hydrogen-bond acceptors (Lipinski definition) is 5. The van der Waals surface area contributed by atoms with Crippen LogP contribution in [0.2, 0.25) is 0 Å². The van der Waals surface area contributed by atoms with Crippen molar-refractivity contribution in [2.75, 3.05) is 12.3 Å². The molecular weight excluding hydrogens is 215 g/mol. The fourth-order valence-electron chi connectivity index (χ4n) is 1.32. The highest BCUT2D eigenvalue weighted by Crippen LogP contribution is 2.24. The Bertz CT molecular complexity index is 550. The number of benzene rings is 1. The summed E-state index contributed by atoms with van der Waals surface area (Å²) in [5.74, 6) is -1.23. The number of carbonyl (C=O) groups is 1. The number of anilines is 1. The molecule has 5 nitrogen and oxygen atoms in total. The van der Waals surface area contributed by atoms with E-state index in [9.17, 15) is 9.18 Å². The highest BCUT2D eigenvalue weighted by Gasteiger charge is 2.18. The SMILES string of the molecule is CCOC(=O)c1noc2cc(F)c(N)cc12. The number of esters is 1. The van der Waals surface area contributed by atoms with Crippen LogP contribution in [0.3, 0.4) is 0 Å². The Morgan fingerprint density at radius 2 is 2.38 bits per heavy atom. The molecule has 0 unspecified atom stereocenters. The summed E-state index contributed by atoms with van der Waals surface area (Å²) in [5.41, 5.74) is 5.49. The summed E-state index contributed by atoms with van der Waals surface area (Å²) in [7, 11) is 0. The van der Waals surface area contributed by atoms with E-state index in [0.29, 0.717) is 5.39 Å².